The molecule has 0 spiro atoms. The minimum absolute atomic E-state index is 0.442. The smallest absolute Gasteiger partial charge is 0.225 e. The second-order valence-electron chi connectivity index (χ2n) is 7.99. The molecule has 0 aromatic carbocycles. The molecule has 2 aliphatic rings. The first kappa shape index (κ1) is 20.1. The van der Waals surface area contributed by atoms with Crippen molar-refractivity contribution < 1.29 is 0 Å². The highest BCUT2D eigenvalue weighted by Gasteiger charge is 2.24. The average molecular weight is 391 g/mol. The van der Waals surface area contributed by atoms with E-state index >= 15 is 0 Å². The maximum Gasteiger partial charge on any atom is 0.225 e. The van der Waals surface area contributed by atoms with E-state index in [-0.39, 0.29) is 0 Å². The van der Waals surface area contributed by atoms with Crippen LogP contribution in [0.4, 0.5) is 11.8 Å². The quantitative estimate of drug-likeness (QED) is 0.645. The minimum Gasteiger partial charge on any atom is -0.363 e. The molecule has 0 bridgehead atoms. The van der Waals surface area contributed by atoms with E-state index in [2.05, 4.69) is 41.9 Å². The Morgan fingerprint density at radius 2 is 1.78 bits per heavy atom. The topological polar surface area (TPSA) is 65.1 Å². The van der Waals surface area contributed by atoms with Gasteiger partial charge >= 0.3 is 0 Å². The van der Waals surface area contributed by atoms with Crippen molar-refractivity contribution in [3.05, 3.63) is 11.3 Å². The number of rotatable bonds is 6. The standard InChI is InChI=1S/C20H34N6S/c1-4-13-21-20(27)23-15-11-9-14(10-12-15)22-19-24-17-8-6-5-7-16(17)18(25-19)26(2)3/h14-15H,4-13H2,1-3H3,(H2,21,23,27)(H,22,24,25). The van der Waals surface area contributed by atoms with Crippen molar-refractivity contribution in [2.24, 2.45) is 0 Å². The number of nitrogens with one attached hydrogen (secondary N) is 3. The fourth-order valence-electron chi connectivity index (χ4n) is 4.05. The van der Waals surface area contributed by atoms with Gasteiger partial charge in [0.05, 0.1) is 5.69 Å². The van der Waals surface area contributed by atoms with Crippen molar-refractivity contribution in [1.82, 2.24) is 20.6 Å². The Hall–Kier alpha value is -1.63. The van der Waals surface area contributed by atoms with Crippen LogP contribution >= 0.6 is 12.2 Å². The number of anilines is 2. The van der Waals surface area contributed by atoms with Gasteiger partial charge in [0.2, 0.25) is 5.95 Å². The predicted octanol–water partition coefficient (Wildman–Crippen LogP) is 3.02. The Balaban J connectivity index is 1.56. The summed E-state index contributed by atoms with van der Waals surface area (Å²) in [5.74, 6) is 1.89. The van der Waals surface area contributed by atoms with Gasteiger partial charge in [-0.25, -0.2) is 4.98 Å². The number of thiocarbonyl (C=S) groups is 1. The summed E-state index contributed by atoms with van der Waals surface area (Å²) in [5, 5.41) is 11.1. The summed E-state index contributed by atoms with van der Waals surface area (Å²) in [7, 11) is 4.15. The summed E-state index contributed by atoms with van der Waals surface area (Å²) in [6.45, 7) is 3.09. The molecule has 0 aliphatic heterocycles. The van der Waals surface area contributed by atoms with E-state index in [4.69, 9.17) is 22.2 Å². The molecule has 0 saturated heterocycles. The number of aromatic nitrogens is 2. The maximum atomic E-state index is 5.37. The van der Waals surface area contributed by atoms with Gasteiger partial charge < -0.3 is 20.9 Å². The van der Waals surface area contributed by atoms with Crippen LogP contribution in [-0.4, -0.2) is 47.8 Å². The molecule has 1 saturated carbocycles. The van der Waals surface area contributed by atoms with Gasteiger partial charge in [0.1, 0.15) is 5.82 Å². The largest absolute Gasteiger partial charge is 0.363 e. The van der Waals surface area contributed by atoms with E-state index in [0.29, 0.717) is 12.1 Å². The van der Waals surface area contributed by atoms with Crippen molar-refractivity contribution >= 4 is 29.1 Å². The van der Waals surface area contributed by atoms with Crippen molar-refractivity contribution in [3.63, 3.8) is 0 Å². The highest BCUT2D eigenvalue weighted by Crippen LogP contribution is 2.29. The monoisotopic (exact) mass is 390 g/mol. The zero-order valence-electron chi connectivity index (χ0n) is 17.0. The normalized spacial score (nSPS) is 21.9. The van der Waals surface area contributed by atoms with Crippen LogP contribution in [0.25, 0.3) is 0 Å². The minimum atomic E-state index is 0.442. The van der Waals surface area contributed by atoms with Crippen LogP contribution in [0.1, 0.15) is 63.1 Å². The van der Waals surface area contributed by atoms with Crippen LogP contribution < -0.4 is 20.9 Å². The lowest BCUT2D eigenvalue weighted by atomic mass is 9.91. The fourth-order valence-corrected chi connectivity index (χ4v) is 4.32. The fraction of sp³-hybridized carbons (Fsp3) is 0.750. The SMILES string of the molecule is CCCNC(=S)NC1CCC(Nc2nc3c(c(N(C)C)n2)CCCC3)CC1. The summed E-state index contributed by atoms with van der Waals surface area (Å²) in [6, 6.07) is 0.915. The van der Waals surface area contributed by atoms with E-state index in [1.165, 1.54) is 24.1 Å². The molecule has 1 aromatic rings. The number of hydrogen-bond acceptors (Lipinski definition) is 5. The Bertz CT molecular complexity index is 640. The van der Waals surface area contributed by atoms with Crippen molar-refractivity contribution in [2.45, 2.75) is 76.8 Å². The third-order valence-corrected chi connectivity index (χ3v) is 5.78. The molecule has 0 unspecified atom stereocenters. The highest BCUT2D eigenvalue weighted by molar-refractivity contribution is 7.80. The third kappa shape index (κ3) is 5.43. The van der Waals surface area contributed by atoms with E-state index < -0.39 is 0 Å². The molecule has 3 N–H and O–H groups in total. The molecule has 6 nitrogen and oxygen atoms in total. The first-order chi connectivity index (χ1) is 13.1. The van der Waals surface area contributed by atoms with Gasteiger partial charge in [0, 0.05) is 38.3 Å². The molecule has 0 radical (unpaired) electrons. The lowest BCUT2D eigenvalue weighted by Gasteiger charge is -2.31. The molecular weight excluding hydrogens is 356 g/mol. The summed E-state index contributed by atoms with van der Waals surface area (Å²) < 4.78 is 0. The Morgan fingerprint density at radius 3 is 2.48 bits per heavy atom. The van der Waals surface area contributed by atoms with Gasteiger partial charge in [0.15, 0.2) is 5.11 Å². The molecule has 27 heavy (non-hydrogen) atoms. The van der Waals surface area contributed by atoms with Crippen LogP contribution in [0.3, 0.4) is 0 Å². The molecule has 150 valence electrons. The zero-order valence-corrected chi connectivity index (χ0v) is 17.8. The van der Waals surface area contributed by atoms with Crippen molar-refractivity contribution in [3.8, 4) is 0 Å². The second kappa shape index (κ2) is 9.53. The lowest BCUT2D eigenvalue weighted by Crippen LogP contribution is -2.45. The molecule has 1 heterocycles. The van der Waals surface area contributed by atoms with Crippen LogP contribution in [0, 0.1) is 0 Å². The first-order valence-corrected chi connectivity index (χ1v) is 10.9. The summed E-state index contributed by atoms with van der Waals surface area (Å²) in [5.41, 5.74) is 2.59. The van der Waals surface area contributed by atoms with Crippen molar-refractivity contribution in [1.29, 1.82) is 0 Å². The molecule has 7 heteroatoms. The highest BCUT2D eigenvalue weighted by atomic mass is 32.1. The predicted molar refractivity (Wildman–Crippen MR) is 117 cm³/mol. The summed E-state index contributed by atoms with van der Waals surface area (Å²) in [6.07, 6.45) is 10.2. The van der Waals surface area contributed by atoms with Crippen LogP contribution in [0.2, 0.25) is 0 Å². The van der Waals surface area contributed by atoms with Gasteiger partial charge in [-0.05, 0) is 70.0 Å². The average Bonchev–Trinajstić information content (AvgIpc) is 2.67. The summed E-state index contributed by atoms with van der Waals surface area (Å²) in [4.78, 5) is 11.8. The van der Waals surface area contributed by atoms with Crippen molar-refractivity contribution in [2.75, 3.05) is 30.9 Å². The molecule has 0 amide bonds. The zero-order chi connectivity index (χ0) is 19.2. The van der Waals surface area contributed by atoms with Gasteiger partial charge in [0.25, 0.3) is 0 Å². The number of aryl methyl sites for hydroxylation is 1. The number of hydrogen-bond donors (Lipinski definition) is 3. The van der Waals surface area contributed by atoms with Gasteiger partial charge in [-0.2, -0.15) is 4.98 Å². The van der Waals surface area contributed by atoms with Crippen LogP contribution in [0.5, 0.6) is 0 Å². The van der Waals surface area contributed by atoms with E-state index in [1.54, 1.807) is 0 Å². The second-order valence-corrected chi connectivity index (χ2v) is 8.40. The van der Waals surface area contributed by atoms with E-state index in [0.717, 1.165) is 68.4 Å². The van der Waals surface area contributed by atoms with Gasteiger partial charge in [-0.1, -0.05) is 6.92 Å². The molecule has 1 fully saturated rings. The van der Waals surface area contributed by atoms with E-state index in [9.17, 15) is 0 Å². The molecule has 0 atom stereocenters. The molecule has 3 rings (SSSR count). The van der Waals surface area contributed by atoms with Gasteiger partial charge in [-0.3, -0.25) is 0 Å². The first-order valence-electron chi connectivity index (χ1n) is 10.4. The Kier molecular flexibility index (Phi) is 7.10. The number of nitrogens with zero attached hydrogens (tertiary/aromatic N) is 3. The lowest BCUT2D eigenvalue weighted by molar-refractivity contribution is 0.385. The number of fused-ring (bicyclic) bond motifs is 1. The molecule has 1 aromatic heterocycles. The third-order valence-electron chi connectivity index (χ3n) is 5.52. The van der Waals surface area contributed by atoms with Crippen LogP contribution in [0.15, 0.2) is 0 Å². The van der Waals surface area contributed by atoms with Gasteiger partial charge in [-0.15, -0.1) is 0 Å². The Morgan fingerprint density at radius 1 is 1.07 bits per heavy atom. The Labute approximate surface area is 168 Å². The summed E-state index contributed by atoms with van der Waals surface area (Å²) >= 11 is 5.37. The molecule has 2 aliphatic carbocycles. The van der Waals surface area contributed by atoms with E-state index in [1.807, 2.05) is 0 Å². The molecular formula is C20H34N6S. The van der Waals surface area contributed by atoms with Crippen LogP contribution in [-0.2, 0) is 12.8 Å². The maximum absolute atomic E-state index is 5.37.